The lowest BCUT2D eigenvalue weighted by molar-refractivity contribution is 0.128. The molecule has 0 amide bonds. The van der Waals surface area contributed by atoms with Gasteiger partial charge in [-0.3, -0.25) is 0 Å². The zero-order valence-electron chi connectivity index (χ0n) is 8.35. The highest BCUT2D eigenvalue weighted by molar-refractivity contribution is 8.00. The molecule has 0 bridgehead atoms. The molecule has 15 heavy (non-hydrogen) atoms. The van der Waals surface area contributed by atoms with Gasteiger partial charge >= 0.3 is 0 Å². The Kier molecular flexibility index (Phi) is 3.49. The van der Waals surface area contributed by atoms with Crippen molar-refractivity contribution in [3.63, 3.8) is 0 Å². The number of hydrogen-bond donors (Lipinski definition) is 1. The fraction of sp³-hybridized carbons (Fsp3) is 0.444. The van der Waals surface area contributed by atoms with E-state index >= 15 is 0 Å². The Morgan fingerprint density at radius 3 is 2.60 bits per heavy atom. The number of anilines is 1. The number of nitrogen functional groups attached to an aromatic ring is 1. The highest BCUT2D eigenvalue weighted by Crippen LogP contribution is 2.37. The fourth-order valence-electron chi connectivity index (χ4n) is 1.04. The summed E-state index contributed by atoms with van der Waals surface area (Å²) in [4.78, 5) is 3.62. The number of aromatic nitrogens is 1. The Morgan fingerprint density at radius 1 is 1.53 bits per heavy atom. The molecule has 0 radical (unpaired) electrons. The first-order chi connectivity index (χ1) is 6.85. The van der Waals surface area contributed by atoms with E-state index in [2.05, 4.69) is 4.98 Å². The molecular weight excluding hydrogens is 225 g/mol. The fourth-order valence-corrected chi connectivity index (χ4v) is 1.69. The van der Waals surface area contributed by atoms with Crippen molar-refractivity contribution in [1.82, 2.24) is 4.98 Å². The van der Waals surface area contributed by atoms with Crippen LogP contribution in [0.1, 0.15) is 19.4 Å². The van der Waals surface area contributed by atoms with Gasteiger partial charge in [-0.2, -0.15) is 8.78 Å². The molecule has 0 atom stereocenters. The van der Waals surface area contributed by atoms with Crippen LogP contribution in [0.25, 0.3) is 0 Å². The van der Waals surface area contributed by atoms with Crippen LogP contribution in [0.5, 0.6) is 0 Å². The second-order valence-electron chi connectivity index (χ2n) is 3.08. The molecule has 2 nitrogen and oxygen atoms in total. The molecule has 1 heterocycles. The SMILES string of the molecule is CCc1cnc(SC(C)(F)F)c(F)c1N. The van der Waals surface area contributed by atoms with E-state index < -0.39 is 11.1 Å². The third-order valence-electron chi connectivity index (χ3n) is 1.76. The summed E-state index contributed by atoms with van der Waals surface area (Å²) in [5.41, 5.74) is 5.87. The third kappa shape index (κ3) is 3.02. The number of thioether (sulfide) groups is 1. The van der Waals surface area contributed by atoms with Crippen molar-refractivity contribution in [2.24, 2.45) is 0 Å². The summed E-state index contributed by atoms with van der Waals surface area (Å²) in [6.07, 6.45) is 1.84. The van der Waals surface area contributed by atoms with E-state index in [0.717, 1.165) is 0 Å². The largest absolute Gasteiger partial charge is 0.396 e. The quantitative estimate of drug-likeness (QED) is 0.820. The molecule has 0 fully saturated rings. The number of nitrogens with zero attached hydrogens (tertiary/aromatic N) is 1. The smallest absolute Gasteiger partial charge is 0.296 e. The monoisotopic (exact) mass is 236 g/mol. The molecule has 0 aliphatic rings. The molecule has 0 unspecified atom stereocenters. The van der Waals surface area contributed by atoms with E-state index in [1.54, 1.807) is 6.92 Å². The molecule has 1 aromatic heterocycles. The molecule has 0 saturated heterocycles. The van der Waals surface area contributed by atoms with Crippen LogP contribution in [0.15, 0.2) is 11.2 Å². The van der Waals surface area contributed by atoms with Crippen molar-refractivity contribution >= 4 is 17.4 Å². The van der Waals surface area contributed by atoms with Crippen LogP contribution in [0.2, 0.25) is 0 Å². The average Bonchev–Trinajstić information content (AvgIpc) is 2.11. The van der Waals surface area contributed by atoms with Gasteiger partial charge in [-0.1, -0.05) is 6.92 Å². The van der Waals surface area contributed by atoms with Crippen LogP contribution in [-0.4, -0.2) is 10.2 Å². The van der Waals surface area contributed by atoms with Crippen LogP contribution in [0, 0.1) is 5.82 Å². The standard InChI is InChI=1S/C9H11F3N2S/c1-3-5-4-14-8(6(10)7(5)13)15-9(2,11)12/h4H,3H2,1-2H3,(H2,13,14). The average molecular weight is 236 g/mol. The molecule has 1 rings (SSSR count). The first kappa shape index (κ1) is 12.2. The highest BCUT2D eigenvalue weighted by Gasteiger charge is 2.26. The predicted molar refractivity (Wildman–Crippen MR) is 54.5 cm³/mol. The van der Waals surface area contributed by atoms with E-state index in [9.17, 15) is 13.2 Å². The van der Waals surface area contributed by atoms with Crippen LogP contribution in [0.3, 0.4) is 0 Å². The summed E-state index contributed by atoms with van der Waals surface area (Å²) in [5, 5.41) is -3.43. The molecule has 1 aromatic rings. The Bertz CT molecular complexity index is 363. The summed E-state index contributed by atoms with van der Waals surface area (Å²) >= 11 is 0.0613. The van der Waals surface area contributed by atoms with Gasteiger partial charge in [0.2, 0.25) is 0 Å². The van der Waals surface area contributed by atoms with Gasteiger partial charge in [0.25, 0.3) is 5.25 Å². The van der Waals surface area contributed by atoms with Crippen LogP contribution >= 0.6 is 11.8 Å². The molecular formula is C9H11F3N2S. The van der Waals surface area contributed by atoms with Crippen LogP contribution < -0.4 is 5.73 Å². The first-order valence-electron chi connectivity index (χ1n) is 4.35. The van der Waals surface area contributed by atoms with Crippen molar-refractivity contribution in [2.75, 3.05) is 5.73 Å². The van der Waals surface area contributed by atoms with E-state index in [1.807, 2.05) is 0 Å². The lowest BCUT2D eigenvalue weighted by Crippen LogP contribution is -2.07. The van der Waals surface area contributed by atoms with Crippen LogP contribution in [-0.2, 0) is 6.42 Å². The maximum atomic E-state index is 13.4. The number of aryl methyl sites for hydroxylation is 1. The maximum Gasteiger partial charge on any atom is 0.296 e. The van der Waals surface area contributed by atoms with E-state index in [0.29, 0.717) is 18.9 Å². The number of alkyl halides is 2. The second kappa shape index (κ2) is 4.30. The Hall–Kier alpha value is -0.910. The number of hydrogen-bond acceptors (Lipinski definition) is 3. The number of nitrogens with two attached hydrogens (primary N) is 1. The van der Waals surface area contributed by atoms with E-state index in [-0.39, 0.29) is 22.5 Å². The summed E-state index contributed by atoms with van der Waals surface area (Å²) in [6.45, 7) is 2.47. The first-order valence-corrected chi connectivity index (χ1v) is 5.16. The number of halogens is 3. The van der Waals surface area contributed by atoms with Gasteiger partial charge in [-0.15, -0.1) is 0 Å². The lowest BCUT2D eigenvalue weighted by Gasteiger charge is -2.11. The van der Waals surface area contributed by atoms with Crippen molar-refractivity contribution in [2.45, 2.75) is 30.5 Å². The minimum absolute atomic E-state index is 0.0613. The molecule has 84 valence electrons. The topological polar surface area (TPSA) is 38.9 Å². The number of rotatable bonds is 3. The third-order valence-corrected chi connectivity index (χ3v) is 2.60. The summed E-state index contributed by atoms with van der Waals surface area (Å²) in [6, 6.07) is 0. The predicted octanol–water partition coefficient (Wildman–Crippen LogP) is 3.07. The lowest BCUT2D eigenvalue weighted by atomic mass is 10.2. The second-order valence-corrected chi connectivity index (χ2v) is 4.39. The maximum absolute atomic E-state index is 13.4. The van der Waals surface area contributed by atoms with E-state index in [4.69, 9.17) is 5.73 Å². The van der Waals surface area contributed by atoms with Crippen molar-refractivity contribution in [3.8, 4) is 0 Å². The minimum Gasteiger partial charge on any atom is -0.396 e. The molecule has 0 aliphatic heterocycles. The molecule has 2 N–H and O–H groups in total. The highest BCUT2D eigenvalue weighted by atomic mass is 32.2. The van der Waals surface area contributed by atoms with Gasteiger partial charge in [0, 0.05) is 13.1 Å². The minimum atomic E-state index is -3.06. The Morgan fingerprint density at radius 2 is 2.13 bits per heavy atom. The zero-order chi connectivity index (χ0) is 11.6. The van der Waals surface area contributed by atoms with Gasteiger partial charge in [0.1, 0.15) is 5.03 Å². The zero-order valence-corrected chi connectivity index (χ0v) is 9.17. The summed E-state index contributed by atoms with van der Waals surface area (Å²) in [7, 11) is 0. The Balaban J connectivity index is 3.07. The molecule has 6 heteroatoms. The normalized spacial score (nSPS) is 11.8. The van der Waals surface area contributed by atoms with Crippen LogP contribution in [0.4, 0.5) is 18.9 Å². The van der Waals surface area contributed by atoms with Gasteiger partial charge in [-0.25, -0.2) is 9.37 Å². The van der Waals surface area contributed by atoms with Crippen molar-refractivity contribution in [1.29, 1.82) is 0 Å². The van der Waals surface area contributed by atoms with Gasteiger partial charge in [0.15, 0.2) is 5.82 Å². The molecule has 0 aliphatic carbocycles. The van der Waals surface area contributed by atoms with Gasteiger partial charge in [-0.05, 0) is 23.7 Å². The van der Waals surface area contributed by atoms with E-state index in [1.165, 1.54) is 6.20 Å². The van der Waals surface area contributed by atoms with Crippen molar-refractivity contribution in [3.05, 3.63) is 17.6 Å². The summed E-state index contributed by atoms with van der Waals surface area (Å²) < 4.78 is 38.7. The molecule has 0 aromatic carbocycles. The summed E-state index contributed by atoms with van der Waals surface area (Å²) in [5.74, 6) is -0.860. The van der Waals surface area contributed by atoms with Crippen molar-refractivity contribution < 1.29 is 13.2 Å². The molecule has 0 spiro atoms. The number of pyridine rings is 1. The van der Waals surface area contributed by atoms with Gasteiger partial charge in [0.05, 0.1) is 5.69 Å². The molecule has 0 saturated carbocycles. The Labute approximate surface area is 90.1 Å². The van der Waals surface area contributed by atoms with Gasteiger partial charge < -0.3 is 5.73 Å².